The Labute approximate surface area is 153 Å². The fourth-order valence-corrected chi connectivity index (χ4v) is 4.14. The van der Waals surface area contributed by atoms with Crippen molar-refractivity contribution >= 4 is 17.2 Å². The number of pyridine rings is 1. The van der Waals surface area contributed by atoms with Gasteiger partial charge in [-0.2, -0.15) is 24.5 Å². The van der Waals surface area contributed by atoms with E-state index in [2.05, 4.69) is 4.98 Å². The van der Waals surface area contributed by atoms with Crippen molar-refractivity contribution in [2.75, 3.05) is 20.3 Å². The van der Waals surface area contributed by atoms with Crippen LogP contribution in [0.4, 0.5) is 13.2 Å². The third-order valence-electron chi connectivity index (χ3n) is 4.54. The van der Waals surface area contributed by atoms with Gasteiger partial charge in [-0.05, 0) is 30.9 Å². The number of hydrogen-bond donors (Lipinski definition) is 0. The minimum atomic E-state index is -4.55. The zero-order valence-electron chi connectivity index (χ0n) is 14.3. The first-order chi connectivity index (χ1) is 12.4. The van der Waals surface area contributed by atoms with Crippen LogP contribution in [0.1, 0.15) is 46.1 Å². The summed E-state index contributed by atoms with van der Waals surface area (Å²) in [5, 5.41) is 2.25. The van der Waals surface area contributed by atoms with E-state index in [0.29, 0.717) is 6.42 Å². The summed E-state index contributed by atoms with van der Waals surface area (Å²) in [7, 11) is 1.50. The maximum atomic E-state index is 13.2. The van der Waals surface area contributed by atoms with Crippen LogP contribution in [-0.2, 0) is 17.3 Å². The van der Waals surface area contributed by atoms with Gasteiger partial charge >= 0.3 is 6.18 Å². The highest BCUT2D eigenvalue weighted by Crippen LogP contribution is 2.38. The van der Waals surface area contributed by atoms with Gasteiger partial charge in [-0.3, -0.25) is 9.78 Å². The maximum absolute atomic E-state index is 13.2. The second-order valence-corrected chi connectivity index (χ2v) is 6.89. The number of fused-ring (bicyclic) bond motifs is 1. The van der Waals surface area contributed by atoms with Crippen molar-refractivity contribution in [2.45, 2.75) is 31.5 Å². The summed E-state index contributed by atoms with van der Waals surface area (Å²) in [4.78, 5) is 18.9. The van der Waals surface area contributed by atoms with Gasteiger partial charge in [-0.1, -0.05) is 6.07 Å². The Kier molecular flexibility index (Phi) is 5.62. The predicted octanol–water partition coefficient (Wildman–Crippen LogP) is 4.33. The molecule has 2 heterocycles. The van der Waals surface area contributed by atoms with Crippen LogP contribution < -0.4 is 0 Å². The topological polar surface area (TPSA) is 42.4 Å². The Balaban J connectivity index is 1.97. The van der Waals surface area contributed by atoms with Crippen molar-refractivity contribution in [1.29, 1.82) is 0 Å². The van der Waals surface area contributed by atoms with E-state index < -0.39 is 17.6 Å². The van der Waals surface area contributed by atoms with Crippen molar-refractivity contribution in [3.8, 4) is 0 Å². The molecule has 140 valence electrons. The van der Waals surface area contributed by atoms with E-state index in [1.807, 2.05) is 12.1 Å². The number of ether oxygens (including phenoxy) is 1. The molecule has 3 rings (SSSR count). The maximum Gasteiger partial charge on any atom is 0.417 e. The van der Waals surface area contributed by atoms with Crippen LogP contribution >= 0.6 is 11.3 Å². The molecule has 0 saturated heterocycles. The first kappa shape index (κ1) is 18.8. The Hall–Kier alpha value is -1.93. The van der Waals surface area contributed by atoms with E-state index >= 15 is 0 Å². The average molecular weight is 384 g/mol. The number of methoxy groups -OCH3 is 1. The molecule has 1 amide bonds. The van der Waals surface area contributed by atoms with Gasteiger partial charge in [0.2, 0.25) is 0 Å². The molecule has 26 heavy (non-hydrogen) atoms. The van der Waals surface area contributed by atoms with Crippen LogP contribution in [0, 0.1) is 0 Å². The molecular formula is C18H19F3N2O2S. The van der Waals surface area contributed by atoms with Crippen LogP contribution in [0.25, 0.3) is 0 Å². The standard InChI is InChI=1S/C18H19F3N2O2S/c1-25-9-8-23(15-6-2-4-12-5-3-7-22-16(12)15)17(24)13-10-26-11-14(13)18(19,20)21/h3,5,7,10-11,15H,2,4,6,8-9H2,1H3. The van der Waals surface area contributed by atoms with E-state index in [1.54, 1.807) is 6.20 Å². The lowest BCUT2D eigenvalue weighted by Gasteiger charge is -2.35. The summed E-state index contributed by atoms with van der Waals surface area (Å²) < 4.78 is 44.8. The van der Waals surface area contributed by atoms with Crippen molar-refractivity contribution in [1.82, 2.24) is 9.88 Å². The molecule has 0 radical (unpaired) electrons. The van der Waals surface area contributed by atoms with E-state index in [-0.39, 0.29) is 24.8 Å². The summed E-state index contributed by atoms with van der Waals surface area (Å²) in [6, 6.07) is 3.45. The number of aromatic nitrogens is 1. The average Bonchev–Trinajstić information content (AvgIpc) is 3.12. The van der Waals surface area contributed by atoms with Crippen LogP contribution in [0.3, 0.4) is 0 Å². The number of carbonyl (C=O) groups is 1. The predicted molar refractivity (Wildman–Crippen MR) is 92.1 cm³/mol. The van der Waals surface area contributed by atoms with E-state index in [9.17, 15) is 18.0 Å². The summed E-state index contributed by atoms with van der Waals surface area (Å²) in [5.41, 5.74) is 0.626. The van der Waals surface area contributed by atoms with Crippen LogP contribution in [-0.4, -0.2) is 36.1 Å². The van der Waals surface area contributed by atoms with Gasteiger partial charge in [-0.15, -0.1) is 0 Å². The number of rotatable bonds is 5. The number of alkyl halides is 3. The number of halogens is 3. The molecule has 0 fully saturated rings. The Bertz CT molecular complexity index is 776. The molecule has 1 aliphatic rings. The molecule has 2 aromatic heterocycles. The normalized spacial score (nSPS) is 17.0. The Morgan fingerprint density at radius 1 is 1.42 bits per heavy atom. The fourth-order valence-electron chi connectivity index (χ4n) is 3.31. The van der Waals surface area contributed by atoms with Gasteiger partial charge < -0.3 is 9.64 Å². The van der Waals surface area contributed by atoms with Gasteiger partial charge in [0.1, 0.15) is 0 Å². The third kappa shape index (κ3) is 3.76. The molecule has 4 nitrogen and oxygen atoms in total. The molecule has 0 aliphatic heterocycles. The van der Waals surface area contributed by atoms with E-state index in [1.165, 1.54) is 17.4 Å². The SMILES string of the molecule is COCCN(C(=O)c1cscc1C(F)(F)F)C1CCCc2cccnc21. The molecule has 0 saturated carbocycles. The quantitative estimate of drug-likeness (QED) is 0.771. The largest absolute Gasteiger partial charge is 0.417 e. The van der Waals surface area contributed by atoms with Gasteiger partial charge in [-0.25, -0.2) is 0 Å². The molecular weight excluding hydrogens is 365 g/mol. The minimum absolute atomic E-state index is 0.211. The molecule has 1 atom stereocenters. The van der Waals surface area contributed by atoms with Crippen molar-refractivity contribution < 1.29 is 22.7 Å². The number of nitrogens with zero attached hydrogens (tertiary/aromatic N) is 2. The lowest BCUT2D eigenvalue weighted by Crippen LogP contribution is -2.39. The molecule has 8 heteroatoms. The Morgan fingerprint density at radius 3 is 2.96 bits per heavy atom. The van der Waals surface area contributed by atoms with Gasteiger partial charge in [0, 0.05) is 30.6 Å². The highest BCUT2D eigenvalue weighted by molar-refractivity contribution is 7.08. The number of aryl methyl sites for hydroxylation is 1. The molecule has 0 N–H and O–H groups in total. The smallest absolute Gasteiger partial charge is 0.383 e. The molecule has 2 aromatic rings. The first-order valence-corrected chi connectivity index (χ1v) is 9.25. The number of hydrogen-bond acceptors (Lipinski definition) is 4. The van der Waals surface area contributed by atoms with Crippen LogP contribution in [0.5, 0.6) is 0 Å². The lowest BCUT2D eigenvalue weighted by atomic mass is 9.90. The molecule has 1 unspecified atom stereocenters. The zero-order chi connectivity index (χ0) is 18.7. The van der Waals surface area contributed by atoms with Crippen LogP contribution in [0.15, 0.2) is 29.1 Å². The van der Waals surface area contributed by atoms with Gasteiger partial charge in [0.15, 0.2) is 0 Å². The molecule has 0 spiro atoms. The number of amides is 1. The number of thiophene rings is 1. The van der Waals surface area contributed by atoms with E-state index in [4.69, 9.17) is 4.74 Å². The second kappa shape index (κ2) is 7.75. The second-order valence-electron chi connectivity index (χ2n) is 6.14. The van der Waals surface area contributed by atoms with Crippen molar-refractivity contribution in [3.63, 3.8) is 0 Å². The molecule has 0 aromatic carbocycles. The fraction of sp³-hybridized carbons (Fsp3) is 0.444. The summed E-state index contributed by atoms with van der Waals surface area (Å²) in [6.45, 7) is 0.457. The van der Waals surface area contributed by atoms with E-state index in [0.717, 1.165) is 40.8 Å². The highest BCUT2D eigenvalue weighted by atomic mass is 32.1. The van der Waals surface area contributed by atoms with Crippen LogP contribution in [0.2, 0.25) is 0 Å². The van der Waals surface area contributed by atoms with Gasteiger partial charge in [0.25, 0.3) is 5.91 Å². The first-order valence-electron chi connectivity index (χ1n) is 8.30. The Morgan fingerprint density at radius 2 is 2.23 bits per heavy atom. The monoisotopic (exact) mass is 384 g/mol. The zero-order valence-corrected chi connectivity index (χ0v) is 15.1. The summed E-state index contributed by atoms with van der Waals surface area (Å²) in [6.07, 6.45) is -0.512. The minimum Gasteiger partial charge on any atom is -0.383 e. The van der Waals surface area contributed by atoms with Gasteiger partial charge in [0.05, 0.1) is 29.5 Å². The molecule has 1 aliphatic carbocycles. The van der Waals surface area contributed by atoms with Crippen molar-refractivity contribution in [2.24, 2.45) is 0 Å². The number of carbonyl (C=O) groups excluding carboxylic acids is 1. The lowest BCUT2D eigenvalue weighted by molar-refractivity contribution is -0.137. The highest BCUT2D eigenvalue weighted by Gasteiger charge is 2.39. The third-order valence-corrected chi connectivity index (χ3v) is 5.28. The molecule has 0 bridgehead atoms. The summed E-state index contributed by atoms with van der Waals surface area (Å²) >= 11 is 0.881. The summed E-state index contributed by atoms with van der Waals surface area (Å²) in [5.74, 6) is -0.626. The van der Waals surface area contributed by atoms with Crippen molar-refractivity contribution in [3.05, 3.63) is 51.5 Å².